The van der Waals surface area contributed by atoms with Gasteiger partial charge in [-0.05, 0) is 35.1 Å². The molecule has 2 aromatic heterocycles. The third-order valence-electron chi connectivity index (χ3n) is 3.51. The molecular weight excluding hydrogens is 318 g/mol. The van der Waals surface area contributed by atoms with E-state index in [9.17, 15) is 4.79 Å². The van der Waals surface area contributed by atoms with Gasteiger partial charge in [-0.2, -0.15) is 0 Å². The summed E-state index contributed by atoms with van der Waals surface area (Å²) >= 11 is 1.29. The van der Waals surface area contributed by atoms with Crippen LogP contribution in [0.5, 0.6) is 0 Å². The minimum atomic E-state index is -0.195. The second-order valence-corrected chi connectivity index (χ2v) is 5.98. The van der Waals surface area contributed by atoms with E-state index >= 15 is 0 Å². The van der Waals surface area contributed by atoms with Crippen LogP contribution in [0.25, 0.3) is 11.1 Å². The number of benzene rings is 1. The van der Waals surface area contributed by atoms with E-state index in [0.29, 0.717) is 17.2 Å². The molecule has 1 N–H and O–H groups in total. The first kappa shape index (κ1) is 15.9. The number of hydrogen-bond donors (Lipinski definition) is 1. The normalized spacial score (nSPS) is 10.1. The van der Waals surface area contributed by atoms with Gasteiger partial charge in [-0.25, -0.2) is 4.98 Å². The Kier molecular flexibility index (Phi) is 4.99. The lowest BCUT2D eigenvalue weighted by Crippen LogP contribution is -2.25. The number of amides is 1. The van der Waals surface area contributed by atoms with E-state index in [2.05, 4.69) is 45.5 Å². The maximum Gasteiger partial charge on any atom is 0.270 e. The summed E-state index contributed by atoms with van der Waals surface area (Å²) in [7, 11) is 0. The molecule has 24 heavy (non-hydrogen) atoms. The van der Waals surface area contributed by atoms with Crippen LogP contribution < -0.4 is 5.32 Å². The van der Waals surface area contributed by atoms with Crippen LogP contribution in [0.15, 0.2) is 54.2 Å². The van der Waals surface area contributed by atoms with Crippen molar-refractivity contribution in [3.8, 4) is 23.5 Å². The van der Waals surface area contributed by atoms with Gasteiger partial charge in [-0.15, -0.1) is 17.8 Å². The summed E-state index contributed by atoms with van der Waals surface area (Å²) in [5, 5.41) is 5.05. The van der Waals surface area contributed by atoms with Crippen molar-refractivity contribution in [2.45, 2.75) is 6.42 Å². The van der Waals surface area contributed by atoms with Gasteiger partial charge in [0.2, 0.25) is 0 Å². The number of nitrogens with one attached hydrogen (secondary N) is 1. The number of terminal acetylenes is 1. The second kappa shape index (κ2) is 7.53. The van der Waals surface area contributed by atoms with Gasteiger partial charge >= 0.3 is 0 Å². The third kappa shape index (κ3) is 3.86. The van der Waals surface area contributed by atoms with Gasteiger partial charge in [0.25, 0.3) is 5.91 Å². The fourth-order valence-electron chi connectivity index (χ4n) is 2.25. The van der Waals surface area contributed by atoms with Gasteiger partial charge in [0.05, 0.1) is 0 Å². The van der Waals surface area contributed by atoms with Crippen molar-refractivity contribution >= 4 is 17.2 Å². The van der Waals surface area contributed by atoms with Crippen LogP contribution in [0.4, 0.5) is 0 Å². The third-order valence-corrected chi connectivity index (χ3v) is 4.28. The number of rotatable bonds is 5. The lowest BCUT2D eigenvalue weighted by atomic mass is 10.0. The summed E-state index contributed by atoms with van der Waals surface area (Å²) in [6.07, 6.45) is 9.61. The van der Waals surface area contributed by atoms with E-state index in [-0.39, 0.29) is 5.91 Å². The van der Waals surface area contributed by atoms with E-state index in [1.165, 1.54) is 11.3 Å². The first-order chi connectivity index (χ1) is 11.8. The number of thiazole rings is 1. The van der Waals surface area contributed by atoms with Crippen LogP contribution in [-0.2, 0) is 6.42 Å². The van der Waals surface area contributed by atoms with E-state index in [4.69, 9.17) is 6.42 Å². The minimum Gasteiger partial charge on any atom is -0.350 e. The number of carbonyl (C=O) groups excluding carboxylic acids is 1. The zero-order chi connectivity index (χ0) is 16.8. The van der Waals surface area contributed by atoms with Gasteiger partial charge in [-0.1, -0.05) is 30.3 Å². The summed E-state index contributed by atoms with van der Waals surface area (Å²) in [6, 6.07) is 12.2. The summed E-state index contributed by atoms with van der Waals surface area (Å²) in [4.78, 5) is 20.1. The van der Waals surface area contributed by atoms with Gasteiger partial charge in [0.1, 0.15) is 5.69 Å². The fraction of sp³-hybridized carbons (Fsp3) is 0.105. The molecule has 0 saturated heterocycles. The Bertz CT molecular complexity index is 864. The van der Waals surface area contributed by atoms with Crippen LogP contribution in [-0.4, -0.2) is 22.4 Å². The molecule has 0 bridgehead atoms. The molecule has 0 aliphatic heterocycles. The number of nitrogens with zero attached hydrogens (tertiary/aromatic N) is 2. The second-order valence-electron chi connectivity index (χ2n) is 5.13. The van der Waals surface area contributed by atoms with Gasteiger partial charge in [0.15, 0.2) is 5.01 Å². The van der Waals surface area contributed by atoms with Crippen LogP contribution in [0.3, 0.4) is 0 Å². The number of pyridine rings is 1. The quantitative estimate of drug-likeness (QED) is 0.730. The van der Waals surface area contributed by atoms with Gasteiger partial charge < -0.3 is 5.32 Å². The Morgan fingerprint density at radius 2 is 2.04 bits per heavy atom. The van der Waals surface area contributed by atoms with Crippen molar-refractivity contribution in [2.75, 3.05) is 6.54 Å². The predicted octanol–water partition coefficient (Wildman–Crippen LogP) is 3.16. The zero-order valence-electron chi connectivity index (χ0n) is 12.9. The summed E-state index contributed by atoms with van der Waals surface area (Å²) in [6.45, 7) is 0.550. The fourth-order valence-corrected chi connectivity index (χ4v) is 2.85. The van der Waals surface area contributed by atoms with E-state index in [0.717, 1.165) is 23.1 Å². The molecule has 0 unspecified atom stereocenters. The average Bonchev–Trinajstić information content (AvgIpc) is 3.12. The largest absolute Gasteiger partial charge is 0.350 e. The Labute approximate surface area is 144 Å². The maximum absolute atomic E-state index is 12.0. The maximum atomic E-state index is 12.0. The predicted molar refractivity (Wildman–Crippen MR) is 95.8 cm³/mol. The van der Waals surface area contributed by atoms with Crippen LogP contribution in [0, 0.1) is 12.3 Å². The Morgan fingerprint density at radius 3 is 2.71 bits per heavy atom. The summed E-state index contributed by atoms with van der Waals surface area (Å²) < 4.78 is 0. The molecule has 3 aromatic rings. The minimum absolute atomic E-state index is 0.195. The highest BCUT2D eigenvalue weighted by molar-refractivity contribution is 7.10. The SMILES string of the molecule is C#Cc1nc(C(=O)NCCc2ccc(-c3cccnc3)cc2)cs1. The smallest absolute Gasteiger partial charge is 0.270 e. The molecule has 0 radical (unpaired) electrons. The molecule has 0 atom stereocenters. The lowest BCUT2D eigenvalue weighted by Gasteiger charge is -2.05. The van der Waals surface area contributed by atoms with E-state index in [1.54, 1.807) is 11.6 Å². The van der Waals surface area contributed by atoms with E-state index in [1.807, 2.05) is 18.3 Å². The molecule has 0 aliphatic carbocycles. The zero-order valence-corrected chi connectivity index (χ0v) is 13.7. The highest BCUT2D eigenvalue weighted by Gasteiger charge is 2.09. The summed E-state index contributed by atoms with van der Waals surface area (Å²) in [5.41, 5.74) is 3.75. The Balaban J connectivity index is 1.54. The van der Waals surface area contributed by atoms with Crippen molar-refractivity contribution in [1.82, 2.24) is 15.3 Å². The first-order valence-corrected chi connectivity index (χ1v) is 8.34. The Morgan fingerprint density at radius 1 is 1.21 bits per heavy atom. The van der Waals surface area contributed by atoms with Crippen LogP contribution in [0.2, 0.25) is 0 Å². The van der Waals surface area contributed by atoms with Crippen molar-refractivity contribution < 1.29 is 4.79 Å². The average molecular weight is 333 g/mol. The molecule has 2 heterocycles. The molecule has 1 aromatic carbocycles. The van der Waals surface area contributed by atoms with Crippen molar-refractivity contribution in [1.29, 1.82) is 0 Å². The molecular formula is C19H15N3OS. The number of carbonyl (C=O) groups is 1. The lowest BCUT2D eigenvalue weighted by molar-refractivity contribution is 0.0950. The standard InChI is InChI=1S/C19H15N3OS/c1-2-18-22-17(13-24-18)19(23)21-11-9-14-5-7-15(8-6-14)16-4-3-10-20-12-16/h1,3-8,10,12-13H,9,11H2,(H,21,23). The first-order valence-electron chi connectivity index (χ1n) is 7.46. The van der Waals surface area contributed by atoms with Crippen LogP contribution in [0.1, 0.15) is 21.1 Å². The highest BCUT2D eigenvalue weighted by Crippen LogP contribution is 2.18. The van der Waals surface area contributed by atoms with Crippen LogP contribution >= 0.6 is 11.3 Å². The molecule has 3 rings (SSSR count). The van der Waals surface area contributed by atoms with Gasteiger partial charge in [-0.3, -0.25) is 9.78 Å². The molecule has 0 saturated carbocycles. The Hall–Kier alpha value is -2.97. The molecule has 1 amide bonds. The van der Waals surface area contributed by atoms with E-state index < -0.39 is 0 Å². The van der Waals surface area contributed by atoms with Crippen molar-refractivity contribution in [3.05, 3.63) is 70.4 Å². The topological polar surface area (TPSA) is 54.9 Å². The molecule has 4 nitrogen and oxygen atoms in total. The molecule has 5 heteroatoms. The monoisotopic (exact) mass is 333 g/mol. The molecule has 0 aliphatic rings. The summed E-state index contributed by atoms with van der Waals surface area (Å²) in [5.74, 6) is 2.23. The molecule has 0 spiro atoms. The molecule has 118 valence electrons. The van der Waals surface area contributed by atoms with Crippen molar-refractivity contribution in [2.24, 2.45) is 0 Å². The van der Waals surface area contributed by atoms with Crippen molar-refractivity contribution in [3.63, 3.8) is 0 Å². The molecule has 0 fully saturated rings. The highest BCUT2D eigenvalue weighted by atomic mass is 32.1. The number of hydrogen-bond acceptors (Lipinski definition) is 4. The van der Waals surface area contributed by atoms with Gasteiger partial charge in [0, 0.05) is 24.3 Å². The number of aromatic nitrogens is 2.